The first-order valence-electron chi connectivity index (χ1n) is 6.21. The predicted molar refractivity (Wildman–Crippen MR) is 67.0 cm³/mol. The van der Waals surface area contributed by atoms with E-state index in [0.717, 1.165) is 5.56 Å². The monoisotopic (exact) mass is 251 g/mol. The van der Waals surface area contributed by atoms with Gasteiger partial charge in [-0.2, -0.15) is 0 Å². The van der Waals surface area contributed by atoms with E-state index in [1.807, 2.05) is 19.9 Å². The second kappa shape index (κ2) is 5.06. The fraction of sp³-hybridized carbons (Fsp3) is 0.500. The van der Waals surface area contributed by atoms with Gasteiger partial charge in [0.25, 0.3) is 0 Å². The highest BCUT2D eigenvalue weighted by Gasteiger charge is 2.39. The lowest BCUT2D eigenvalue weighted by Crippen LogP contribution is -2.29. The Morgan fingerprint density at radius 1 is 1.44 bits per heavy atom. The summed E-state index contributed by atoms with van der Waals surface area (Å²) in [5.41, 5.74) is 0.783. The molecule has 1 aromatic carbocycles. The molecule has 2 atom stereocenters. The van der Waals surface area contributed by atoms with E-state index in [0.29, 0.717) is 19.1 Å². The van der Waals surface area contributed by atoms with E-state index in [1.165, 1.54) is 12.1 Å². The maximum absolute atomic E-state index is 13.2. The summed E-state index contributed by atoms with van der Waals surface area (Å²) in [5, 5.41) is 9.29. The SMILES string of the molecule is CC(C)N1CC(C(=O)O)C(c2cccc(F)c2)C1. The Kier molecular flexibility index (Phi) is 3.66. The van der Waals surface area contributed by atoms with Crippen molar-refractivity contribution in [2.45, 2.75) is 25.8 Å². The van der Waals surface area contributed by atoms with Crippen LogP contribution < -0.4 is 0 Å². The molecule has 2 unspecified atom stereocenters. The van der Waals surface area contributed by atoms with Gasteiger partial charge in [-0.15, -0.1) is 0 Å². The molecule has 18 heavy (non-hydrogen) atoms. The van der Waals surface area contributed by atoms with Crippen molar-refractivity contribution in [3.63, 3.8) is 0 Å². The zero-order valence-electron chi connectivity index (χ0n) is 10.6. The van der Waals surface area contributed by atoms with Gasteiger partial charge in [-0.25, -0.2) is 4.39 Å². The second-order valence-corrected chi connectivity index (χ2v) is 5.15. The third kappa shape index (κ3) is 2.53. The van der Waals surface area contributed by atoms with Crippen LogP contribution in [0.2, 0.25) is 0 Å². The first-order valence-corrected chi connectivity index (χ1v) is 6.21. The van der Waals surface area contributed by atoms with Crippen LogP contribution in [-0.4, -0.2) is 35.1 Å². The van der Waals surface area contributed by atoms with Gasteiger partial charge in [0.1, 0.15) is 5.82 Å². The van der Waals surface area contributed by atoms with E-state index in [9.17, 15) is 14.3 Å². The van der Waals surface area contributed by atoms with E-state index >= 15 is 0 Å². The van der Waals surface area contributed by atoms with Crippen molar-refractivity contribution in [2.24, 2.45) is 5.92 Å². The molecule has 98 valence electrons. The first-order chi connectivity index (χ1) is 8.49. The van der Waals surface area contributed by atoms with Crippen LogP contribution in [0.25, 0.3) is 0 Å². The number of hydrogen-bond acceptors (Lipinski definition) is 2. The molecule has 0 radical (unpaired) electrons. The van der Waals surface area contributed by atoms with Crippen LogP contribution in [-0.2, 0) is 4.79 Å². The van der Waals surface area contributed by atoms with Gasteiger partial charge in [0, 0.05) is 25.0 Å². The van der Waals surface area contributed by atoms with Gasteiger partial charge >= 0.3 is 5.97 Å². The van der Waals surface area contributed by atoms with Gasteiger partial charge in [-0.3, -0.25) is 9.69 Å². The van der Waals surface area contributed by atoms with Crippen molar-refractivity contribution in [2.75, 3.05) is 13.1 Å². The Balaban J connectivity index is 2.27. The molecule has 0 saturated carbocycles. The summed E-state index contributed by atoms with van der Waals surface area (Å²) in [6.07, 6.45) is 0. The third-order valence-corrected chi connectivity index (χ3v) is 3.67. The summed E-state index contributed by atoms with van der Waals surface area (Å²) in [6, 6.07) is 6.60. The molecule has 1 aliphatic heterocycles. The van der Waals surface area contributed by atoms with Gasteiger partial charge < -0.3 is 5.11 Å². The normalized spacial score (nSPS) is 24.7. The minimum Gasteiger partial charge on any atom is -0.481 e. The zero-order valence-corrected chi connectivity index (χ0v) is 10.6. The van der Waals surface area contributed by atoms with Crippen molar-refractivity contribution < 1.29 is 14.3 Å². The standard InChI is InChI=1S/C14H18FNO2/c1-9(2)16-7-12(13(8-16)14(17)18)10-4-3-5-11(15)6-10/h3-6,9,12-13H,7-8H2,1-2H3,(H,17,18). The minimum atomic E-state index is -0.799. The number of carboxylic acids is 1. The van der Waals surface area contributed by atoms with Gasteiger partial charge in [-0.05, 0) is 31.5 Å². The highest BCUT2D eigenvalue weighted by atomic mass is 19.1. The number of hydrogen-bond donors (Lipinski definition) is 1. The second-order valence-electron chi connectivity index (χ2n) is 5.15. The number of nitrogens with zero attached hydrogens (tertiary/aromatic N) is 1. The molecule has 0 aliphatic carbocycles. The van der Waals surface area contributed by atoms with Crippen LogP contribution in [0.4, 0.5) is 4.39 Å². The Hall–Kier alpha value is -1.42. The van der Waals surface area contributed by atoms with Crippen LogP contribution >= 0.6 is 0 Å². The fourth-order valence-electron chi connectivity index (χ4n) is 2.58. The van der Waals surface area contributed by atoms with Gasteiger partial charge in [-0.1, -0.05) is 12.1 Å². The molecule has 1 aromatic rings. The number of carbonyl (C=O) groups is 1. The highest BCUT2D eigenvalue weighted by molar-refractivity contribution is 5.72. The molecule has 0 bridgehead atoms. The Morgan fingerprint density at radius 3 is 2.72 bits per heavy atom. The number of likely N-dealkylation sites (tertiary alicyclic amines) is 1. The molecule has 4 heteroatoms. The highest BCUT2D eigenvalue weighted by Crippen LogP contribution is 2.34. The summed E-state index contributed by atoms with van der Waals surface area (Å²) in [4.78, 5) is 13.5. The molecule has 0 aromatic heterocycles. The van der Waals surface area contributed by atoms with Crippen molar-refractivity contribution in [1.82, 2.24) is 4.90 Å². The number of carboxylic acid groups (broad SMARTS) is 1. The van der Waals surface area contributed by atoms with Crippen molar-refractivity contribution in [3.8, 4) is 0 Å². The molecule has 1 aliphatic rings. The predicted octanol–water partition coefficient (Wildman–Crippen LogP) is 2.33. The third-order valence-electron chi connectivity index (χ3n) is 3.67. The summed E-state index contributed by atoms with van der Waals surface area (Å²) >= 11 is 0. The molecule has 2 rings (SSSR count). The summed E-state index contributed by atoms with van der Waals surface area (Å²) in [6.45, 7) is 5.31. The molecular formula is C14H18FNO2. The smallest absolute Gasteiger partial charge is 0.308 e. The number of benzene rings is 1. The topological polar surface area (TPSA) is 40.5 Å². The van der Waals surface area contributed by atoms with Crippen molar-refractivity contribution >= 4 is 5.97 Å². The maximum atomic E-state index is 13.2. The number of halogens is 1. The summed E-state index contributed by atoms with van der Waals surface area (Å²) in [5.74, 6) is -1.68. The van der Waals surface area contributed by atoms with E-state index in [2.05, 4.69) is 4.90 Å². The lowest BCUT2D eigenvalue weighted by Gasteiger charge is -2.20. The summed E-state index contributed by atoms with van der Waals surface area (Å²) < 4.78 is 13.2. The van der Waals surface area contributed by atoms with Crippen LogP contribution in [0.15, 0.2) is 24.3 Å². The summed E-state index contributed by atoms with van der Waals surface area (Å²) in [7, 11) is 0. The molecule has 3 nitrogen and oxygen atoms in total. The Labute approximate surface area is 106 Å². The number of rotatable bonds is 3. The molecule has 1 N–H and O–H groups in total. The van der Waals surface area contributed by atoms with Gasteiger partial charge in [0.05, 0.1) is 5.92 Å². The molecule has 0 amide bonds. The average Bonchev–Trinajstić information content (AvgIpc) is 2.73. The molecule has 0 spiro atoms. The molecule has 1 saturated heterocycles. The average molecular weight is 251 g/mol. The largest absolute Gasteiger partial charge is 0.481 e. The van der Waals surface area contributed by atoms with E-state index in [4.69, 9.17) is 0 Å². The molecule has 1 heterocycles. The minimum absolute atomic E-state index is 0.124. The Bertz CT molecular complexity index is 447. The first kappa shape index (κ1) is 13.0. The van der Waals surface area contributed by atoms with Crippen molar-refractivity contribution in [1.29, 1.82) is 0 Å². The van der Waals surface area contributed by atoms with E-state index in [1.54, 1.807) is 6.07 Å². The quantitative estimate of drug-likeness (QED) is 0.896. The lowest BCUT2D eigenvalue weighted by molar-refractivity contribution is -0.141. The zero-order chi connectivity index (χ0) is 13.3. The maximum Gasteiger partial charge on any atom is 0.308 e. The van der Waals surface area contributed by atoms with E-state index in [-0.39, 0.29) is 11.7 Å². The molecular weight excluding hydrogens is 233 g/mol. The fourth-order valence-corrected chi connectivity index (χ4v) is 2.58. The van der Waals surface area contributed by atoms with Crippen LogP contribution in [0.1, 0.15) is 25.3 Å². The lowest BCUT2D eigenvalue weighted by atomic mass is 9.89. The van der Waals surface area contributed by atoms with Gasteiger partial charge in [0.15, 0.2) is 0 Å². The number of aliphatic carboxylic acids is 1. The van der Waals surface area contributed by atoms with Crippen LogP contribution in [0.3, 0.4) is 0 Å². The van der Waals surface area contributed by atoms with Gasteiger partial charge in [0.2, 0.25) is 0 Å². The van der Waals surface area contributed by atoms with Crippen molar-refractivity contribution in [3.05, 3.63) is 35.6 Å². The van der Waals surface area contributed by atoms with Crippen LogP contribution in [0, 0.1) is 11.7 Å². The van der Waals surface area contributed by atoms with Crippen LogP contribution in [0.5, 0.6) is 0 Å². The van der Waals surface area contributed by atoms with E-state index < -0.39 is 11.9 Å². The Morgan fingerprint density at radius 2 is 2.17 bits per heavy atom. The molecule has 1 fully saturated rings.